The van der Waals surface area contributed by atoms with Crippen molar-refractivity contribution in [2.45, 2.75) is 39.0 Å². The molecule has 112 valence electrons. The summed E-state index contributed by atoms with van der Waals surface area (Å²) in [6, 6.07) is 5.54. The first kappa shape index (κ1) is 15.6. The molecule has 0 radical (unpaired) electrons. The largest absolute Gasteiger partial charge is 0.384 e. The fourth-order valence-corrected chi connectivity index (χ4v) is 2.88. The molecule has 1 amide bonds. The van der Waals surface area contributed by atoms with Gasteiger partial charge in [0.1, 0.15) is 6.61 Å². The number of rotatable bonds is 3. The highest BCUT2D eigenvalue weighted by atomic mass is 16.2. The van der Waals surface area contributed by atoms with Crippen LogP contribution in [0.5, 0.6) is 0 Å². The van der Waals surface area contributed by atoms with Gasteiger partial charge in [0.25, 0.3) is 5.91 Å². The Kier molecular flexibility index (Phi) is 5.83. The molecule has 1 aromatic rings. The van der Waals surface area contributed by atoms with Crippen molar-refractivity contribution in [3.8, 4) is 11.8 Å². The van der Waals surface area contributed by atoms with E-state index < -0.39 is 0 Å². The zero-order valence-corrected chi connectivity index (χ0v) is 12.6. The van der Waals surface area contributed by atoms with Gasteiger partial charge in [-0.1, -0.05) is 37.2 Å². The molecule has 0 aliphatic heterocycles. The van der Waals surface area contributed by atoms with Crippen LogP contribution in [0.3, 0.4) is 0 Å². The average molecular weight is 285 g/mol. The molecule has 1 saturated carbocycles. The van der Waals surface area contributed by atoms with E-state index in [1.54, 1.807) is 0 Å². The Morgan fingerprint density at radius 1 is 1.33 bits per heavy atom. The standard InChI is InChI=1S/C18H23NO2/c1-14-16(10-6-12-20)9-5-11-17(14)18(21)19-13-15-7-3-2-4-8-15/h5,9,11,15,20H,2-4,7-8,12-13H2,1H3,(H,19,21). The van der Waals surface area contributed by atoms with Gasteiger partial charge in [0.05, 0.1) is 0 Å². The van der Waals surface area contributed by atoms with Crippen molar-refractivity contribution in [2.75, 3.05) is 13.2 Å². The van der Waals surface area contributed by atoms with Gasteiger partial charge in [0, 0.05) is 17.7 Å². The lowest BCUT2D eigenvalue weighted by Gasteiger charge is -2.22. The first-order chi connectivity index (χ1) is 10.2. The molecule has 2 N–H and O–H groups in total. The minimum absolute atomic E-state index is 0.0225. The van der Waals surface area contributed by atoms with Crippen LogP contribution in [-0.2, 0) is 0 Å². The van der Waals surface area contributed by atoms with Crippen molar-refractivity contribution in [1.29, 1.82) is 0 Å². The van der Waals surface area contributed by atoms with Gasteiger partial charge < -0.3 is 10.4 Å². The Labute approximate surface area is 126 Å². The molecule has 3 nitrogen and oxygen atoms in total. The molecule has 0 unspecified atom stereocenters. The number of nitrogens with one attached hydrogen (secondary N) is 1. The van der Waals surface area contributed by atoms with Crippen LogP contribution in [-0.4, -0.2) is 24.2 Å². The molecular formula is C18H23NO2. The van der Waals surface area contributed by atoms with Crippen molar-refractivity contribution in [1.82, 2.24) is 5.32 Å². The molecule has 0 bridgehead atoms. The molecular weight excluding hydrogens is 262 g/mol. The van der Waals surface area contributed by atoms with Crippen molar-refractivity contribution in [3.05, 3.63) is 34.9 Å². The number of carbonyl (C=O) groups is 1. The van der Waals surface area contributed by atoms with Crippen LogP contribution in [0.25, 0.3) is 0 Å². The molecule has 1 aliphatic rings. The SMILES string of the molecule is Cc1c(C#CCO)cccc1C(=O)NCC1CCCCC1. The molecule has 2 rings (SSSR count). The molecule has 1 aliphatic carbocycles. The molecule has 0 atom stereocenters. The van der Waals surface area contributed by atoms with Crippen LogP contribution in [0, 0.1) is 24.7 Å². The van der Waals surface area contributed by atoms with Crippen LogP contribution in [0.4, 0.5) is 0 Å². The lowest BCUT2D eigenvalue weighted by molar-refractivity contribution is 0.0943. The van der Waals surface area contributed by atoms with E-state index in [0.717, 1.165) is 17.7 Å². The van der Waals surface area contributed by atoms with E-state index in [-0.39, 0.29) is 12.5 Å². The number of hydrogen-bond acceptors (Lipinski definition) is 2. The number of aliphatic hydroxyl groups excluding tert-OH is 1. The predicted octanol–water partition coefficient (Wildman–Crippen LogP) is 2.65. The van der Waals surface area contributed by atoms with Gasteiger partial charge in [-0.2, -0.15) is 0 Å². The Balaban J connectivity index is 2.01. The maximum absolute atomic E-state index is 12.3. The molecule has 0 spiro atoms. The van der Waals surface area contributed by atoms with Crippen molar-refractivity contribution in [3.63, 3.8) is 0 Å². The Bertz CT molecular complexity index is 548. The van der Waals surface area contributed by atoms with E-state index in [1.807, 2.05) is 25.1 Å². The number of amides is 1. The Morgan fingerprint density at radius 2 is 2.10 bits per heavy atom. The zero-order chi connectivity index (χ0) is 15.1. The second-order valence-corrected chi connectivity index (χ2v) is 5.65. The van der Waals surface area contributed by atoms with E-state index in [4.69, 9.17) is 5.11 Å². The molecule has 21 heavy (non-hydrogen) atoms. The van der Waals surface area contributed by atoms with Gasteiger partial charge in [0.2, 0.25) is 0 Å². The maximum Gasteiger partial charge on any atom is 0.251 e. The van der Waals surface area contributed by atoms with Gasteiger partial charge in [0.15, 0.2) is 0 Å². The summed E-state index contributed by atoms with van der Waals surface area (Å²) < 4.78 is 0. The van der Waals surface area contributed by atoms with E-state index >= 15 is 0 Å². The van der Waals surface area contributed by atoms with Crippen molar-refractivity contribution < 1.29 is 9.90 Å². The lowest BCUT2D eigenvalue weighted by atomic mass is 9.89. The van der Waals surface area contributed by atoms with E-state index in [9.17, 15) is 4.79 Å². The summed E-state index contributed by atoms with van der Waals surface area (Å²) in [5.41, 5.74) is 2.35. The van der Waals surface area contributed by atoms with Gasteiger partial charge in [-0.05, 0) is 43.4 Å². The van der Waals surface area contributed by atoms with Crippen LogP contribution in [0.15, 0.2) is 18.2 Å². The quantitative estimate of drug-likeness (QED) is 0.839. The first-order valence-corrected chi connectivity index (χ1v) is 7.70. The van der Waals surface area contributed by atoms with E-state index in [1.165, 1.54) is 32.1 Å². The average Bonchev–Trinajstić information content (AvgIpc) is 2.52. The number of aliphatic hydroxyl groups is 1. The monoisotopic (exact) mass is 285 g/mol. The first-order valence-electron chi connectivity index (χ1n) is 7.70. The third-order valence-electron chi connectivity index (χ3n) is 4.16. The normalized spacial score (nSPS) is 15.1. The third kappa shape index (κ3) is 4.34. The molecule has 3 heteroatoms. The highest BCUT2D eigenvalue weighted by Gasteiger charge is 2.16. The number of carbonyl (C=O) groups excluding carboxylic acids is 1. The van der Waals surface area contributed by atoms with Gasteiger partial charge in [-0.3, -0.25) is 4.79 Å². The third-order valence-corrected chi connectivity index (χ3v) is 4.16. The van der Waals surface area contributed by atoms with E-state index in [0.29, 0.717) is 11.5 Å². The number of hydrogen-bond donors (Lipinski definition) is 2. The number of benzene rings is 1. The minimum Gasteiger partial charge on any atom is -0.384 e. The lowest BCUT2D eigenvalue weighted by Crippen LogP contribution is -2.30. The second kappa shape index (κ2) is 7.85. The molecule has 0 aromatic heterocycles. The van der Waals surface area contributed by atoms with Crippen LogP contribution in [0.1, 0.15) is 53.6 Å². The molecule has 1 aromatic carbocycles. The fraction of sp³-hybridized carbons (Fsp3) is 0.500. The second-order valence-electron chi connectivity index (χ2n) is 5.65. The summed E-state index contributed by atoms with van der Waals surface area (Å²) >= 11 is 0. The van der Waals surface area contributed by atoms with Gasteiger partial charge in [-0.15, -0.1) is 0 Å². The summed E-state index contributed by atoms with van der Waals surface area (Å²) in [7, 11) is 0. The van der Waals surface area contributed by atoms with Crippen LogP contribution >= 0.6 is 0 Å². The summed E-state index contributed by atoms with van der Waals surface area (Å²) in [4.78, 5) is 12.3. The summed E-state index contributed by atoms with van der Waals surface area (Å²) in [5, 5.41) is 11.8. The highest BCUT2D eigenvalue weighted by Crippen LogP contribution is 2.23. The predicted molar refractivity (Wildman–Crippen MR) is 84.1 cm³/mol. The summed E-state index contributed by atoms with van der Waals surface area (Å²) in [6.45, 7) is 2.50. The van der Waals surface area contributed by atoms with Crippen LogP contribution in [0.2, 0.25) is 0 Å². The van der Waals surface area contributed by atoms with E-state index in [2.05, 4.69) is 17.2 Å². The van der Waals surface area contributed by atoms with Crippen molar-refractivity contribution >= 4 is 5.91 Å². The van der Waals surface area contributed by atoms with Crippen LogP contribution < -0.4 is 5.32 Å². The fourth-order valence-electron chi connectivity index (χ4n) is 2.88. The highest BCUT2D eigenvalue weighted by molar-refractivity contribution is 5.96. The van der Waals surface area contributed by atoms with Crippen molar-refractivity contribution in [2.24, 2.45) is 5.92 Å². The van der Waals surface area contributed by atoms with Gasteiger partial charge in [-0.25, -0.2) is 0 Å². The minimum atomic E-state index is -0.169. The molecule has 0 heterocycles. The smallest absolute Gasteiger partial charge is 0.251 e. The summed E-state index contributed by atoms with van der Waals surface area (Å²) in [6.07, 6.45) is 6.34. The topological polar surface area (TPSA) is 49.3 Å². The zero-order valence-electron chi connectivity index (χ0n) is 12.6. The van der Waals surface area contributed by atoms with Gasteiger partial charge >= 0.3 is 0 Å². The maximum atomic E-state index is 12.3. The Hall–Kier alpha value is -1.79. The molecule has 0 saturated heterocycles. The summed E-state index contributed by atoms with van der Waals surface area (Å²) in [5.74, 6) is 6.12. The molecule has 1 fully saturated rings. The Morgan fingerprint density at radius 3 is 2.81 bits per heavy atom.